The van der Waals surface area contributed by atoms with Crippen LogP contribution >= 0.6 is 11.6 Å². The van der Waals surface area contributed by atoms with E-state index < -0.39 is 16.5 Å². The van der Waals surface area contributed by atoms with Crippen LogP contribution in [0.3, 0.4) is 0 Å². The average Bonchev–Trinajstić information content (AvgIpc) is 2.71. The number of nitro groups is 1. The van der Waals surface area contributed by atoms with Crippen molar-refractivity contribution in [2.45, 2.75) is 6.54 Å². The quantitative estimate of drug-likeness (QED) is 0.407. The molecule has 3 rings (SSSR count). The molecule has 28 heavy (non-hydrogen) atoms. The Kier molecular flexibility index (Phi) is 5.92. The van der Waals surface area contributed by atoms with Crippen molar-refractivity contribution in [1.82, 2.24) is 20.4 Å². The summed E-state index contributed by atoms with van der Waals surface area (Å²) < 4.78 is 0. The summed E-state index contributed by atoms with van der Waals surface area (Å²) in [5, 5.41) is 14.9. The molecule has 0 radical (unpaired) electrons. The van der Waals surface area contributed by atoms with E-state index in [-0.39, 0.29) is 18.2 Å². The van der Waals surface area contributed by atoms with Crippen LogP contribution in [-0.2, 0) is 6.54 Å². The predicted octanol–water partition coefficient (Wildman–Crippen LogP) is 2.80. The predicted molar refractivity (Wildman–Crippen MR) is 103 cm³/mol. The minimum absolute atomic E-state index is 0.0134. The van der Waals surface area contributed by atoms with Crippen molar-refractivity contribution in [2.24, 2.45) is 0 Å². The van der Waals surface area contributed by atoms with Crippen LogP contribution in [0.15, 0.2) is 55.1 Å². The molecule has 0 unspecified atom stereocenters. The fourth-order valence-electron chi connectivity index (χ4n) is 2.28. The Morgan fingerprint density at radius 2 is 1.82 bits per heavy atom. The number of benzene rings is 1. The van der Waals surface area contributed by atoms with Crippen LogP contribution in [0.2, 0.25) is 5.02 Å². The largest absolute Gasteiger partial charge is 0.360 e. The molecule has 3 aromatic rings. The molecular formula is C17H14ClN7O3. The van der Waals surface area contributed by atoms with Gasteiger partial charge in [0, 0.05) is 29.5 Å². The Balaban J connectivity index is 1.76. The Hall–Kier alpha value is -3.79. The van der Waals surface area contributed by atoms with Gasteiger partial charge in [0.2, 0.25) is 11.6 Å². The molecule has 2 aromatic heterocycles. The molecule has 0 aliphatic rings. The van der Waals surface area contributed by atoms with Crippen LogP contribution in [0.4, 0.5) is 17.3 Å². The minimum atomic E-state index is -0.643. The summed E-state index contributed by atoms with van der Waals surface area (Å²) in [6, 6.07) is 10.1. The van der Waals surface area contributed by atoms with Gasteiger partial charge >= 0.3 is 5.69 Å². The first-order chi connectivity index (χ1) is 13.6. The van der Waals surface area contributed by atoms with Gasteiger partial charge in [0.1, 0.15) is 6.33 Å². The number of nitrogens with one attached hydrogen (secondary N) is 3. The van der Waals surface area contributed by atoms with Gasteiger partial charge in [0.05, 0.1) is 4.92 Å². The molecule has 0 spiro atoms. The average molecular weight is 400 g/mol. The number of carbonyl (C=O) groups excluding carboxylic acids is 1. The number of hydrogen-bond donors (Lipinski definition) is 3. The molecule has 1 aromatic carbocycles. The van der Waals surface area contributed by atoms with E-state index in [9.17, 15) is 14.9 Å². The number of hydrazine groups is 1. The zero-order valence-corrected chi connectivity index (χ0v) is 15.1. The molecule has 0 bridgehead atoms. The SMILES string of the molecule is O=C(NNc1ncnc(NCc2ccccc2Cl)c1[N+](=O)[O-])c1ccncc1. The second-order valence-electron chi connectivity index (χ2n) is 5.44. The molecule has 0 fully saturated rings. The van der Waals surface area contributed by atoms with Gasteiger partial charge in [-0.1, -0.05) is 29.8 Å². The molecule has 0 saturated heterocycles. The van der Waals surface area contributed by atoms with Crippen molar-refractivity contribution in [3.05, 3.63) is 81.4 Å². The summed E-state index contributed by atoms with van der Waals surface area (Å²) in [6.45, 7) is 0.223. The molecule has 11 heteroatoms. The fourth-order valence-corrected chi connectivity index (χ4v) is 2.49. The van der Waals surface area contributed by atoms with E-state index in [4.69, 9.17) is 11.6 Å². The van der Waals surface area contributed by atoms with Gasteiger partial charge < -0.3 is 5.32 Å². The summed E-state index contributed by atoms with van der Waals surface area (Å²) >= 11 is 6.10. The van der Waals surface area contributed by atoms with E-state index in [0.29, 0.717) is 10.6 Å². The van der Waals surface area contributed by atoms with Crippen LogP contribution in [0.5, 0.6) is 0 Å². The second-order valence-corrected chi connectivity index (χ2v) is 5.84. The first kappa shape index (κ1) is 19.0. The molecule has 2 heterocycles. The van der Waals surface area contributed by atoms with Gasteiger partial charge in [0.25, 0.3) is 5.91 Å². The van der Waals surface area contributed by atoms with E-state index in [0.717, 1.165) is 11.9 Å². The van der Waals surface area contributed by atoms with Gasteiger partial charge in [0.15, 0.2) is 0 Å². The highest BCUT2D eigenvalue weighted by Crippen LogP contribution is 2.29. The molecule has 142 valence electrons. The van der Waals surface area contributed by atoms with Crippen LogP contribution in [0, 0.1) is 10.1 Å². The Bertz CT molecular complexity index is 1000. The highest BCUT2D eigenvalue weighted by Gasteiger charge is 2.23. The molecule has 3 N–H and O–H groups in total. The number of aromatic nitrogens is 3. The maximum absolute atomic E-state index is 12.1. The normalized spacial score (nSPS) is 10.2. The zero-order chi connectivity index (χ0) is 19.9. The number of amides is 1. The molecule has 0 aliphatic carbocycles. The van der Waals surface area contributed by atoms with Gasteiger partial charge in [-0.15, -0.1) is 0 Å². The monoisotopic (exact) mass is 399 g/mol. The van der Waals surface area contributed by atoms with Crippen molar-refractivity contribution in [3.63, 3.8) is 0 Å². The topological polar surface area (TPSA) is 135 Å². The third-order valence-corrected chi connectivity index (χ3v) is 4.01. The number of carbonyl (C=O) groups is 1. The summed E-state index contributed by atoms with van der Waals surface area (Å²) in [7, 11) is 0. The van der Waals surface area contributed by atoms with Gasteiger partial charge in [-0.2, -0.15) is 0 Å². The number of halogens is 1. The highest BCUT2D eigenvalue weighted by molar-refractivity contribution is 6.31. The van der Waals surface area contributed by atoms with Crippen LogP contribution in [-0.4, -0.2) is 25.8 Å². The lowest BCUT2D eigenvalue weighted by Crippen LogP contribution is -2.30. The third-order valence-electron chi connectivity index (χ3n) is 3.65. The van der Waals surface area contributed by atoms with Crippen molar-refractivity contribution < 1.29 is 9.72 Å². The smallest absolute Gasteiger partial charge is 0.354 e. The molecule has 10 nitrogen and oxygen atoms in total. The van der Waals surface area contributed by atoms with E-state index in [1.165, 1.54) is 24.5 Å². The molecule has 0 saturated carbocycles. The second kappa shape index (κ2) is 8.73. The molecular weight excluding hydrogens is 386 g/mol. The van der Waals surface area contributed by atoms with Crippen molar-refractivity contribution in [3.8, 4) is 0 Å². The van der Waals surface area contributed by atoms with Crippen LogP contribution in [0.1, 0.15) is 15.9 Å². The highest BCUT2D eigenvalue weighted by atomic mass is 35.5. The zero-order valence-electron chi connectivity index (χ0n) is 14.3. The number of hydrogen-bond acceptors (Lipinski definition) is 8. The minimum Gasteiger partial charge on any atom is -0.360 e. The lowest BCUT2D eigenvalue weighted by molar-refractivity contribution is -0.383. The van der Waals surface area contributed by atoms with Gasteiger partial charge in [-0.3, -0.25) is 30.7 Å². The third kappa shape index (κ3) is 4.48. The first-order valence-corrected chi connectivity index (χ1v) is 8.37. The molecule has 0 aliphatic heterocycles. The molecule has 1 amide bonds. The Labute approximate surface area is 164 Å². The van der Waals surface area contributed by atoms with E-state index in [1.54, 1.807) is 24.3 Å². The summed E-state index contributed by atoms with van der Waals surface area (Å²) in [5.41, 5.74) is 5.49. The maximum atomic E-state index is 12.1. The molecule has 0 atom stereocenters. The first-order valence-electron chi connectivity index (χ1n) is 7.99. The van der Waals surface area contributed by atoms with Crippen molar-refractivity contribution >= 4 is 34.8 Å². The summed E-state index contributed by atoms with van der Waals surface area (Å²) in [5.74, 6) is -0.675. The van der Waals surface area contributed by atoms with Crippen LogP contribution in [0.25, 0.3) is 0 Å². The Morgan fingerprint density at radius 1 is 1.11 bits per heavy atom. The number of anilines is 2. The summed E-state index contributed by atoms with van der Waals surface area (Å²) in [4.78, 5) is 34.6. The number of nitrogens with zero attached hydrogens (tertiary/aromatic N) is 4. The van der Waals surface area contributed by atoms with E-state index in [2.05, 4.69) is 31.1 Å². The van der Waals surface area contributed by atoms with E-state index in [1.807, 2.05) is 0 Å². The number of pyridine rings is 1. The van der Waals surface area contributed by atoms with Crippen molar-refractivity contribution in [1.29, 1.82) is 0 Å². The van der Waals surface area contributed by atoms with Crippen LogP contribution < -0.4 is 16.2 Å². The van der Waals surface area contributed by atoms with Gasteiger partial charge in [-0.25, -0.2) is 9.97 Å². The Morgan fingerprint density at radius 3 is 2.54 bits per heavy atom. The van der Waals surface area contributed by atoms with Gasteiger partial charge in [-0.05, 0) is 23.8 Å². The van der Waals surface area contributed by atoms with Crippen molar-refractivity contribution in [2.75, 3.05) is 10.7 Å². The number of rotatable bonds is 7. The lowest BCUT2D eigenvalue weighted by atomic mass is 10.2. The lowest BCUT2D eigenvalue weighted by Gasteiger charge is -2.11. The fraction of sp³-hybridized carbons (Fsp3) is 0.0588. The van der Waals surface area contributed by atoms with E-state index >= 15 is 0 Å². The maximum Gasteiger partial charge on any atom is 0.354 e. The standard InChI is InChI=1S/C17H14ClN7O3/c18-13-4-2-1-3-12(13)9-20-15-14(25(27)28)16(22-10-21-15)23-24-17(26)11-5-7-19-8-6-11/h1-8,10H,9H2,(H,24,26)(H2,20,21,22,23). The summed E-state index contributed by atoms with van der Waals surface area (Å²) in [6.07, 6.45) is 4.06.